The Bertz CT molecular complexity index is 1550. The summed E-state index contributed by atoms with van der Waals surface area (Å²) in [5, 5.41) is 6.51. The van der Waals surface area contributed by atoms with Crippen LogP contribution in [0.5, 0.6) is 5.75 Å². The molecule has 1 aliphatic rings. The summed E-state index contributed by atoms with van der Waals surface area (Å²) in [4.78, 5) is 27.3. The van der Waals surface area contributed by atoms with Gasteiger partial charge in [0.2, 0.25) is 5.95 Å². The van der Waals surface area contributed by atoms with E-state index in [2.05, 4.69) is 77.5 Å². The van der Waals surface area contributed by atoms with E-state index in [1.54, 1.807) is 13.3 Å². The van der Waals surface area contributed by atoms with Gasteiger partial charge in [0.05, 0.1) is 29.7 Å². The average molecular weight is 568 g/mol. The highest BCUT2D eigenvalue weighted by atomic mass is 16.5. The first-order valence-electron chi connectivity index (χ1n) is 14.6. The summed E-state index contributed by atoms with van der Waals surface area (Å²) in [6.45, 7) is 10.4. The molecule has 0 bridgehead atoms. The number of benzene rings is 2. The van der Waals surface area contributed by atoms with Gasteiger partial charge in [-0.15, -0.1) is 0 Å². The number of nitrogens with one attached hydrogen (secondary N) is 2. The lowest BCUT2D eigenvalue weighted by Gasteiger charge is -2.34. The number of likely N-dealkylation sites (N-methyl/N-ethyl adjacent to an activating group) is 1. The topological polar surface area (TPSA) is 87.6 Å². The van der Waals surface area contributed by atoms with Crippen molar-refractivity contribution in [3.63, 3.8) is 0 Å². The van der Waals surface area contributed by atoms with Gasteiger partial charge in [0.15, 0.2) is 0 Å². The number of nitrogens with zero attached hydrogens (tertiary/aromatic N) is 5. The Morgan fingerprint density at radius 1 is 0.976 bits per heavy atom. The van der Waals surface area contributed by atoms with Crippen LogP contribution in [0.3, 0.4) is 0 Å². The first kappa shape index (κ1) is 29.1. The summed E-state index contributed by atoms with van der Waals surface area (Å²) in [6.07, 6.45) is 5.26. The highest BCUT2D eigenvalue weighted by Gasteiger charge is 2.18. The minimum atomic E-state index is -0.136. The summed E-state index contributed by atoms with van der Waals surface area (Å²) in [5.41, 5.74) is 8.45. The number of methoxy groups -OCH3 is 1. The third-order valence-electron chi connectivity index (χ3n) is 7.93. The molecule has 0 radical (unpaired) electrons. The van der Waals surface area contributed by atoms with Crippen molar-refractivity contribution in [2.24, 2.45) is 7.05 Å². The van der Waals surface area contributed by atoms with Crippen molar-refractivity contribution in [1.29, 1.82) is 0 Å². The maximum absolute atomic E-state index is 13.4. The number of anilines is 4. The van der Waals surface area contributed by atoms with Gasteiger partial charge in [-0.25, -0.2) is 9.97 Å². The Labute approximate surface area is 248 Å². The highest BCUT2D eigenvalue weighted by Crippen LogP contribution is 2.32. The molecule has 1 fully saturated rings. The Morgan fingerprint density at radius 3 is 2.36 bits per heavy atom. The van der Waals surface area contributed by atoms with Crippen LogP contribution in [0.15, 0.2) is 54.9 Å². The van der Waals surface area contributed by atoms with Crippen molar-refractivity contribution in [1.82, 2.24) is 19.4 Å². The van der Waals surface area contributed by atoms with E-state index in [4.69, 9.17) is 9.72 Å². The molecule has 1 amide bonds. The second-order valence-corrected chi connectivity index (χ2v) is 10.9. The number of piperazine rings is 1. The van der Waals surface area contributed by atoms with E-state index in [0.717, 1.165) is 78.7 Å². The molecule has 0 unspecified atom stereocenters. The predicted octanol–water partition coefficient (Wildman–Crippen LogP) is 5.67. The van der Waals surface area contributed by atoms with Crippen LogP contribution in [0.4, 0.5) is 23.0 Å². The fourth-order valence-corrected chi connectivity index (χ4v) is 5.52. The molecule has 5 rings (SSSR count). The van der Waals surface area contributed by atoms with E-state index in [1.165, 1.54) is 5.56 Å². The number of hydrogen-bond acceptors (Lipinski definition) is 7. The molecule has 9 heteroatoms. The Hall–Kier alpha value is -4.37. The van der Waals surface area contributed by atoms with Gasteiger partial charge in [-0.3, -0.25) is 4.79 Å². The van der Waals surface area contributed by atoms with E-state index in [9.17, 15) is 4.79 Å². The fourth-order valence-electron chi connectivity index (χ4n) is 5.52. The SMILES string of the molecule is CCc1cc(C)cc(CC)c1NC(=O)c1cc(-c2ccnc(Nc3ccc(N4CCN(C)CC4)cc3OC)n2)n(C)c1. The van der Waals surface area contributed by atoms with Crippen LogP contribution in [-0.4, -0.2) is 65.7 Å². The molecule has 220 valence electrons. The lowest BCUT2D eigenvalue weighted by atomic mass is 9.99. The van der Waals surface area contributed by atoms with Crippen molar-refractivity contribution < 1.29 is 9.53 Å². The van der Waals surface area contributed by atoms with E-state index >= 15 is 0 Å². The summed E-state index contributed by atoms with van der Waals surface area (Å²) in [5.74, 6) is 1.04. The Kier molecular flexibility index (Phi) is 8.77. The number of ether oxygens (including phenoxy) is 1. The van der Waals surface area contributed by atoms with Crippen LogP contribution in [-0.2, 0) is 19.9 Å². The van der Waals surface area contributed by atoms with Crippen LogP contribution in [0.25, 0.3) is 11.4 Å². The highest BCUT2D eigenvalue weighted by molar-refractivity contribution is 6.05. The average Bonchev–Trinajstić information content (AvgIpc) is 3.40. The van der Waals surface area contributed by atoms with E-state index in [1.807, 2.05) is 36.0 Å². The first-order chi connectivity index (χ1) is 20.3. The quantitative estimate of drug-likeness (QED) is 0.269. The van der Waals surface area contributed by atoms with Gasteiger partial charge in [0.25, 0.3) is 5.91 Å². The number of aromatic nitrogens is 3. The molecule has 3 heterocycles. The Balaban J connectivity index is 1.35. The van der Waals surface area contributed by atoms with Crippen LogP contribution < -0.4 is 20.3 Å². The number of aryl methyl sites for hydroxylation is 4. The minimum absolute atomic E-state index is 0.136. The fraction of sp³-hybridized carbons (Fsp3) is 0.364. The van der Waals surface area contributed by atoms with E-state index in [0.29, 0.717) is 17.2 Å². The zero-order valence-electron chi connectivity index (χ0n) is 25.5. The molecule has 9 nitrogen and oxygen atoms in total. The summed E-state index contributed by atoms with van der Waals surface area (Å²) >= 11 is 0. The van der Waals surface area contributed by atoms with Gasteiger partial charge in [-0.1, -0.05) is 31.5 Å². The normalized spacial score (nSPS) is 13.7. The molecule has 2 aromatic carbocycles. The monoisotopic (exact) mass is 567 g/mol. The van der Waals surface area contributed by atoms with Crippen molar-refractivity contribution in [3.8, 4) is 17.1 Å². The van der Waals surface area contributed by atoms with Gasteiger partial charge >= 0.3 is 0 Å². The lowest BCUT2D eigenvalue weighted by molar-refractivity contribution is 0.102. The molecule has 0 aliphatic carbocycles. The smallest absolute Gasteiger partial charge is 0.257 e. The molecule has 0 saturated carbocycles. The maximum atomic E-state index is 13.4. The van der Waals surface area contributed by atoms with E-state index < -0.39 is 0 Å². The van der Waals surface area contributed by atoms with Crippen molar-refractivity contribution in [3.05, 3.63) is 77.1 Å². The second-order valence-electron chi connectivity index (χ2n) is 10.9. The maximum Gasteiger partial charge on any atom is 0.257 e. The summed E-state index contributed by atoms with van der Waals surface area (Å²) in [7, 11) is 5.74. The number of carbonyl (C=O) groups excluding carboxylic acids is 1. The molecule has 0 atom stereocenters. The molecule has 2 aromatic heterocycles. The number of carbonyl (C=O) groups is 1. The second kappa shape index (κ2) is 12.7. The van der Waals surface area contributed by atoms with Crippen molar-refractivity contribution in [2.45, 2.75) is 33.6 Å². The molecule has 2 N–H and O–H groups in total. The van der Waals surface area contributed by atoms with Crippen LogP contribution in [0, 0.1) is 6.92 Å². The van der Waals surface area contributed by atoms with E-state index in [-0.39, 0.29) is 5.91 Å². The van der Waals surface area contributed by atoms with Crippen LogP contribution in [0.1, 0.15) is 40.9 Å². The largest absolute Gasteiger partial charge is 0.494 e. The van der Waals surface area contributed by atoms with Gasteiger partial charge in [-0.2, -0.15) is 0 Å². The van der Waals surface area contributed by atoms with Crippen LogP contribution >= 0.6 is 0 Å². The van der Waals surface area contributed by atoms with Crippen molar-refractivity contribution in [2.75, 3.05) is 55.9 Å². The molecule has 1 saturated heterocycles. The third-order valence-corrected chi connectivity index (χ3v) is 7.93. The minimum Gasteiger partial charge on any atom is -0.494 e. The number of rotatable bonds is 9. The number of hydrogen-bond donors (Lipinski definition) is 2. The summed E-state index contributed by atoms with van der Waals surface area (Å²) in [6, 6.07) is 14.2. The molecule has 42 heavy (non-hydrogen) atoms. The molecule has 4 aromatic rings. The van der Waals surface area contributed by atoms with Gasteiger partial charge in [0.1, 0.15) is 5.75 Å². The van der Waals surface area contributed by atoms with Gasteiger partial charge in [-0.05, 0) is 62.2 Å². The van der Waals surface area contributed by atoms with Crippen molar-refractivity contribution >= 4 is 28.9 Å². The van der Waals surface area contributed by atoms with Gasteiger partial charge < -0.3 is 29.7 Å². The molecular weight excluding hydrogens is 526 g/mol. The first-order valence-corrected chi connectivity index (χ1v) is 14.6. The van der Waals surface area contributed by atoms with Crippen LogP contribution in [0.2, 0.25) is 0 Å². The summed E-state index contributed by atoms with van der Waals surface area (Å²) < 4.78 is 7.64. The molecular formula is C33H41N7O2. The molecule has 0 spiro atoms. The standard InChI is InChI=1S/C33H41N7O2/c1-7-23-17-22(3)18-24(8-2)31(23)37-32(41)25-19-29(39(5)21-25)27-11-12-34-33(35-27)36-28-10-9-26(20-30(28)42-6)40-15-13-38(4)14-16-40/h9-12,17-21H,7-8,13-16H2,1-6H3,(H,37,41)(H,34,35,36). The predicted molar refractivity (Wildman–Crippen MR) is 170 cm³/mol. The number of amides is 1. The van der Waals surface area contributed by atoms with Gasteiger partial charge in [0, 0.05) is 63.1 Å². The Morgan fingerprint density at radius 2 is 1.69 bits per heavy atom. The zero-order valence-corrected chi connectivity index (χ0v) is 25.5. The lowest BCUT2D eigenvalue weighted by Crippen LogP contribution is -2.44. The zero-order chi connectivity index (χ0) is 29.8. The molecule has 1 aliphatic heterocycles. The third kappa shape index (κ3) is 6.26.